The number of benzene rings is 2. The summed E-state index contributed by atoms with van der Waals surface area (Å²) in [6, 6.07) is 11.8. The third-order valence-electron chi connectivity index (χ3n) is 3.36. The zero-order chi connectivity index (χ0) is 19.4. The van der Waals surface area contributed by atoms with Crippen LogP contribution in [0, 0.1) is 0 Å². The number of carbonyl (C=O) groups is 1. The molecule has 0 aliphatic rings. The minimum absolute atomic E-state index is 0.0884. The van der Waals surface area contributed by atoms with Crippen LogP contribution in [0.4, 0.5) is 0 Å². The molecule has 140 valence electrons. The maximum absolute atomic E-state index is 10.9. The lowest BCUT2D eigenvalue weighted by Gasteiger charge is -2.12. The number of carboxylic acid groups (broad SMARTS) is 1. The molecule has 0 bridgehead atoms. The molecule has 1 N–H and O–H groups in total. The molecule has 2 aromatic carbocycles. The third-order valence-corrected chi connectivity index (χ3v) is 5.08. The molecule has 0 spiro atoms. The quantitative estimate of drug-likeness (QED) is 0.518. The van der Waals surface area contributed by atoms with Crippen molar-refractivity contribution in [1.29, 1.82) is 0 Å². The van der Waals surface area contributed by atoms with Gasteiger partial charge < -0.3 is 9.84 Å². The molecule has 6 nitrogen and oxygen atoms in total. The molecule has 0 atom stereocenters. The van der Waals surface area contributed by atoms with Crippen molar-refractivity contribution in [2.45, 2.75) is 11.8 Å². The number of rotatable bonds is 7. The molecule has 0 aliphatic heterocycles. The summed E-state index contributed by atoms with van der Waals surface area (Å²) in [5.41, 5.74) is 0.539. The predicted octanol–water partition coefficient (Wildman–Crippen LogP) is 4.98. The molecule has 10 heteroatoms. The van der Waals surface area contributed by atoms with E-state index in [9.17, 15) is 4.79 Å². The topological polar surface area (TPSA) is 77.2 Å². The van der Waals surface area contributed by atoms with Gasteiger partial charge in [0.25, 0.3) is 0 Å². The maximum Gasteiger partial charge on any atom is 0.313 e. The fourth-order valence-corrected chi connectivity index (χ4v) is 3.37. The maximum atomic E-state index is 10.9. The smallest absolute Gasteiger partial charge is 0.313 e. The van der Waals surface area contributed by atoms with Crippen LogP contribution >= 0.6 is 46.6 Å². The summed E-state index contributed by atoms with van der Waals surface area (Å²) in [7, 11) is 0. The van der Waals surface area contributed by atoms with Crippen molar-refractivity contribution in [2.75, 3.05) is 5.75 Å². The van der Waals surface area contributed by atoms with Crippen LogP contribution in [-0.4, -0.2) is 31.6 Å². The Hall–Kier alpha value is -1.93. The van der Waals surface area contributed by atoms with E-state index < -0.39 is 5.97 Å². The Balaban J connectivity index is 1.94. The average molecular weight is 445 g/mol. The first kappa shape index (κ1) is 19.8. The number of carboxylic acids is 1. The molecule has 0 radical (unpaired) electrons. The summed E-state index contributed by atoms with van der Waals surface area (Å²) in [4.78, 5) is 10.9. The second kappa shape index (κ2) is 8.84. The van der Waals surface area contributed by atoms with E-state index in [-0.39, 0.29) is 12.4 Å². The van der Waals surface area contributed by atoms with Crippen molar-refractivity contribution in [2.24, 2.45) is 0 Å². The van der Waals surface area contributed by atoms with Crippen LogP contribution < -0.4 is 4.74 Å². The molecule has 0 amide bonds. The van der Waals surface area contributed by atoms with Gasteiger partial charge in [-0.2, -0.15) is 0 Å². The monoisotopic (exact) mass is 443 g/mol. The highest BCUT2D eigenvalue weighted by molar-refractivity contribution is 7.99. The van der Waals surface area contributed by atoms with Gasteiger partial charge in [0.1, 0.15) is 12.4 Å². The number of ether oxygens (including phenoxy) is 1. The third kappa shape index (κ3) is 5.07. The number of nitrogens with zero attached hydrogens (tertiary/aromatic N) is 3. The lowest BCUT2D eigenvalue weighted by molar-refractivity contribution is -0.133. The van der Waals surface area contributed by atoms with E-state index in [2.05, 4.69) is 10.2 Å². The van der Waals surface area contributed by atoms with Crippen molar-refractivity contribution in [3.05, 3.63) is 63.4 Å². The van der Waals surface area contributed by atoms with E-state index in [4.69, 9.17) is 44.6 Å². The Morgan fingerprint density at radius 2 is 1.78 bits per heavy atom. The van der Waals surface area contributed by atoms with Crippen LogP contribution in [0.15, 0.2) is 47.6 Å². The molecule has 0 fully saturated rings. The molecule has 3 rings (SSSR count). The number of halogens is 3. The number of hydrogen-bond donors (Lipinski definition) is 1. The van der Waals surface area contributed by atoms with Gasteiger partial charge in [-0.25, -0.2) is 0 Å². The minimum Gasteiger partial charge on any atom is -0.486 e. The van der Waals surface area contributed by atoms with E-state index in [1.165, 1.54) is 0 Å². The van der Waals surface area contributed by atoms with Gasteiger partial charge in [-0.3, -0.25) is 9.36 Å². The summed E-state index contributed by atoms with van der Waals surface area (Å²) >= 11 is 19.3. The van der Waals surface area contributed by atoms with Crippen molar-refractivity contribution in [3.8, 4) is 11.4 Å². The highest BCUT2D eigenvalue weighted by Crippen LogP contribution is 2.30. The summed E-state index contributed by atoms with van der Waals surface area (Å²) in [5, 5.41) is 19.0. The Morgan fingerprint density at radius 1 is 1.07 bits per heavy atom. The molecule has 1 aromatic heterocycles. The van der Waals surface area contributed by atoms with Crippen molar-refractivity contribution in [3.63, 3.8) is 0 Å². The van der Waals surface area contributed by atoms with E-state index in [0.717, 1.165) is 11.8 Å². The molecule has 0 saturated heterocycles. The van der Waals surface area contributed by atoms with Crippen LogP contribution in [0.25, 0.3) is 5.69 Å². The first-order chi connectivity index (χ1) is 12.9. The SMILES string of the molecule is O=C(O)CSc1nnc(COc2ccc(Cl)cc2)n1-c1cc(Cl)ccc1Cl. The van der Waals surface area contributed by atoms with Crippen LogP contribution in [0.2, 0.25) is 15.1 Å². The molecule has 3 aromatic rings. The second-order valence-electron chi connectivity index (χ2n) is 5.25. The molecule has 0 aliphatic carbocycles. The summed E-state index contributed by atoms with van der Waals surface area (Å²) in [6.45, 7) is 0.0884. The summed E-state index contributed by atoms with van der Waals surface area (Å²) in [5.74, 6) is -0.0902. The lowest BCUT2D eigenvalue weighted by atomic mass is 10.3. The molecule has 27 heavy (non-hydrogen) atoms. The van der Waals surface area contributed by atoms with Gasteiger partial charge in [-0.05, 0) is 42.5 Å². The van der Waals surface area contributed by atoms with Crippen molar-refractivity contribution >= 4 is 52.5 Å². The van der Waals surface area contributed by atoms with Crippen LogP contribution in [-0.2, 0) is 11.4 Å². The Morgan fingerprint density at radius 3 is 2.48 bits per heavy atom. The minimum atomic E-state index is -0.967. The normalized spacial score (nSPS) is 10.8. The Labute approximate surface area is 174 Å². The van der Waals surface area contributed by atoms with E-state index >= 15 is 0 Å². The first-order valence-electron chi connectivity index (χ1n) is 7.56. The van der Waals surface area contributed by atoms with Crippen molar-refractivity contribution in [1.82, 2.24) is 14.8 Å². The Kier molecular flexibility index (Phi) is 6.49. The zero-order valence-electron chi connectivity index (χ0n) is 13.6. The largest absolute Gasteiger partial charge is 0.486 e. The highest BCUT2D eigenvalue weighted by atomic mass is 35.5. The number of aliphatic carboxylic acids is 1. The summed E-state index contributed by atoms with van der Waals surface area (Å²) in [6.07, 6.45) is 0. The van der Waals surface area contributed by atoms with E-state index in [1.54, 1.807) is 47.0 Å². The number of aromatic nitrogens is 3. The van der Waals surface area contributed by atoms with Gasteiger partial charge in [-0.1, -0.05) is 46.6 Å². The van der Waals surface area contributed by atoms with Gasteiger partial charge in [-0.15, -0.1) is 10.2 Å². The zero-order valence-corrected chi connectivity index (χ0v) is 16.7. The molecular formula is C17H12Cl3N3O3S. The van der Waals surface area contributed by atoms with Crippen LogP contribution in [0.1, 0.15) is 5.82 Å². The van der Waals surface area contributed by atoms with E-state index in [0.29, 0.717) is 37.5 Å². The molecular weight excluding hydrogens is 433 g/mol. The van der Waals surface area contributed by atoms with Crippen LogP contribution in [0.5, 0.6) is 5.75 Å². The number of thioether (sulfide) groups is 1. The molecule has 0 saturated carbocycles. The average Bonchev–Trinajstić information content (AvgIpc) is 3.04. The van der Waals surface area contributed by atoms with Crippen molar-refractivity contribution < 1.29 is 14.6 Å². The summed E-state index contributed by atoms with van der Waals surface area (Å²) < 4.78 is 7.37. The number of hydrogen-bond acceptors (Lipinski definition) is 5. The predicted molar refractivity (Wildman–Crippen MR) is 106 cm³/mol. The van der Waals surface area contributed by atoms with Crippen LogP contribution in [0.3, 0.4) is 0 Å². The van der Waals surface area contributed by atoms with Gasteiger partial charge in [0.2, 0.25) is 0 Å². The van der Waals surface area contributed by atoms with Gasteiger partial charge in [0.05, 0.1) is 16.5 Å². The van der Waals surface area contributed by atoms with E-state index in [1.807, 2.05) is 0 Å². The molecule has 0 unspecified atom stereocenters. The van der Waals surface area contributed by atoms with Gasteiger partial charge >= 0.3 is 5.97 Å². The fourth-order valence-electron chi connectivity index (χ4n) is 2.19. The fraction of sp³-hybridized carbons (Fsp3) is 0.118. The lowest BCUT2D eigenvalue weighted by Crippen LogP contribution is -2.08. The standard InChI is InChI=1S/C17H12Cl3N3O3S/c18-10-1-4-12(5-2-10)26-8-15-21-22-17(27-9-16(24)25)23(15)14-7-11(19)3-6-13(14)20/h1-7H,8-9H2,(H,24,25). The van der Waals surface area contributed by atoms with Gasteiger partial charge in [0, 0.05) is 10.0 Å². The van der Waals surface area contributed by atoms with Gasteiger partial charge in [0.15, 0.2) is 11.0 Å². The second-order valence-corrected chi connectivity index (χ2v) is 7.48. The molecule has 1 heterocycles. The Bertz CT molecular complexity index is 964. The first-order valence-corrected chi connectivity index (χ1v) is 9.68. The highest BCUT2D eigenvalue weighted by Gasteiger charge is 2.18.